The summed E-state index contributed by atoms with van der Waals surface area (Å²) in [7, 11) is -3.66. The van der Waals surface area contributed by atoms with Crippen molar-refractivity contribution < 1.29 is 13.2 Å². The standard InChI is InChI=1S/C22H23N3O3S/c1-16-15-18(17-9-3-4-10-19(17)23-16)22(26)24-20-11-5-6-12-21(20)29(27,28)25-13-7-2-8-14-25/h3-6,9-12,15H,2,7-8,13-14H2,1H3,(H,24,26). The number of hydrogen-bond donors (Lipinski definition) is 1. The number of fused-ring (bicyclic) bond motifs is 1. The molecule has 0 unspecified atom stereocenters. The van der Waals surface area contributed by atoms with E-state index in [-0.39, 0.29) is 10.8 Å². The number of anilines is 1. The van der Waals surface area contributed by atoms with E-state index in [0.29, 0.717) is 24.3 Å². The van der Waals surface area contributed by atoms with Gasteiger partial charge in [0.1, 0.15) is 4.90 Å². The molecule has 1 fully saturated rings. The van der Waals surface area contributed by atoms with Gasteiger partial charge in [-0.15, -0.1) is 0 Å². The van der Waals surface area contributed by atoms with Gasteiger partial charge in [0.05, 0.1) is 16.8 Å². The maximum absolute atomic E-state index is 13.2. The van der Waals surface area contributed by atoms with Crippen molar-refractivity contribution >= 4 is 32.5 Å². The van der Waals surface area contributed by atoms with Gasteiger partial charge in [0.2, 0.25) is 10.0 Å². The lowest BCUT2D eigenvalue weighted by atomic mass is 10.1. The van der Waals surface area contributed by atoms with Crippen LogP contribution in [-0.4, -0.2) is 36.7 Å². The number of pyridine rings is 1. The SMILES string of the molecule is Cc1cc(C(=O)Nc2ccccc2S(=O)(=O)N2CCCCC2)c2ccccc2n1. The molecule has 0 bridgehead atoms. The first-order valence-corrected chi connectivity index (χ1v) is 11.2. The number of carbonyl (C=O) groups is 1. The van der Waals surface area contributed by atoms with Gasteiger partial charge in [-0.25, -0.2) is 8.42 Å². The molecular formula is C22H23N3O3S. The molecule has 7 heteroatoms. The number of sulfonamides is 1. The van der Waals surface area contributed by atoms with Crippen molar-refractivity contribution in [1.82, 2.24) is 9.29 Å². The molecule has 0 radical (unpaired) electrons. The number of carbonyl (C=O) groups excluding carboxylic acids is 1. The molecule has 29 heavy (non-hydrogen) atoms. The van der Waals surface area contributed by atoms with Crippen LogP contribution in [0.25, 0.3) is 10.9 Å². The van der Waals surface area contributed by atoms with Crippen molar-refractivity contribution in [2.75, 3.05) is 18.4 Å². The van der Waals surface area contributed by atoms with Gasteiger partial charge in [0.25, 0.3) is 5.91 Å². The molecule has 0 aliphatic carbocycles. The number of para-hydroxylation sites is 2. The summed E-state index contributed by atoms with van der Waals surface area (Å²) >= 11 is 0. The van der Waals surface area contributed by atoms with Crippen LogP contribution in [0.2, 0.25) is 0 Å². The van der Waals surface area contributed by atoms with E-state index >= 15 is 0 Å². The fourth-order valence-electron chi connectivity index (χ4n) is 3.72. The van der Waals surface area contributed by atoms with Gasteiger partial charge in [-0.1, -0.05) is 36.8 Å². The summed E-state index contributed by atoms with van der Waals surface area (Å²) < 4.78 is 27.8. The maximum atomic E-state index is 13.2. The van der Waals surface area contributed by atoms with Crippen molar-refractivity contribution in [1.29, 1.82) is 0 Å². The summed E-state index contributed by atoms with van der Waals surface area (Å²) in [5, 5.41) is 3.55. The number of hydrogen-bond acceptors (Lipinski definition) is 4. The fraction of sp³-hybridized carbons (Fsp3) is 0.273. The van der Waals surface area contributed by atoms with Crippen LogP contribution in [0.4, 0.5) is 5.69 Å². The quantitative estimate of drug-likeness (QED) is 0.707. The summed E-state index contributed by atoms with van der Waals surface area (Å²) in [6, 6.07) is 15.7. The lowest BCUT2D eigenvalue weighted by molar-refractivity contribution is 0.102. The summed E-state index contributed by atoms with van der Waals surface area (Å²) in [5.41, 5.74) is 2.22. The normalized spacial score (nSPS) is 15.3. The van der Waals surface area contributed by atoms with Crippen LogP contribution >= 0.6 is 0 Å². The molecule has 150 valence electrons. The summed E-state index contributed by atoms with van der Waals surface area (Å²) in [5.74, 6) is -0.354. The molecule has 1 aromatic heterocycles. The lowest BCUT2D eigenvalue weighted by Crippen LogP contribution is -2.36. The van der Waals surface area contributed by atoms with Gasteiger partial charge >= 0.3 is 0 Å². The van der Waals surface area contributed by atoms with Crippen LogP contribution in [0.3, 0.4) is 0 Å². The van der Waals surface area contributed by atoms with Crippen molar-refractivity contribution in [3.8, 4) is 0 Å². The number of rotatable bonds is 4. The van der Waals surface area contributed by atoms with Crippen molar-refractivity contribution in [3.63, 3.8) is 0 Å². The Bertz CT molecular complexity index is 1170. The second-order valence-electron chi connectivity index (χ2n) is 7.24. The Morgan fingerprint density at radius 3 is 2.48 bits per heavy atom. The molecule has 2 aromatic carbocycles. The van der Waals surface area contributed by atoms with Crippen molar-refractivity contribution in [2.45, 2.75) is 31.1 Å². The predicted octanol–water partition coefficient (Wildman–Crippen LogP) is 3.97. The summed E-state index contributed by atoms with van der Waals surface area (Å²) in [6.45, 7) is 2.86. The molecule has 1 N–H and O–H groups in total. The number of nitrogens with one attached hydrogen (secondary N) is 1. The third-order valence-electron chi connectivity index (χ3n) is 5.16. The van der Waals surface area contributed by atoms with Crippen molar-refractivity contribution in [3.05, 3.63) is 65.9 Å². The van der Waals surface area contributed by atoms with E-state index in [4.69, 9.17) is 0 Å². The molecule has 3 aromatic rings. The highest BCUT2D eigenvalue weighted by molar-refractivity contribution is 7.89. The zero-order chi connectivity index (χ0) is 20.4. The number of amides is 1. The number of aromatic nitrogens is 1. The molecule has 6 nitrogen and oxygen atoms in total. The van der Waals surface area contributed by atoms with E-state index in [9.17, 15) is 13.2 Å². The highest BCUT2D eigenvalue weighted by Crippen LogP contribution is 2.28. The minimum Gasteiger partial charge on any atom is -0.321 e. The highest BCUT2D eigenvalue weighted by atomic mass is 32.2. The molecular weight excluding hydrogens is 386 g/mol. The second kappa shape index (κ2) is 7.93. The third kappa shape index (κ3) is 3.88. The Morgan fingerprint density at radius 2 is 1.69 bits per heavy atom. The van der Waals surface area contributed by atoms with E-state index in [1.165, 1.54) is 4.31 Å². The molecule has 0 saturated carbocycles. The first kappa shape index (κ1) is 19.5. The molecule has 0 spiro atoms. The zero-order valence-electron chi connectivity index (χ0n) is 16.3. The number of aryl methyl sites for hydroxylation is 1. The first-order chi connectivity index (χ1) is 14.0. The Balaban J connectivity index is 1.70. The number of benzene rings is 2. The van der Waals surface area contributed by atoms with Gasteiger partial charge in [0.15, 0.2) is 0 Å². The fourth-order valence-corrected chi connectivity index (χ4v) is 5.39. The second-order valence-corrected chi connectivity index (χ2v) is 9.15. The van der Waals surface area contributed by atoms with Crippen LogP contribution in [0.1, 0.15) is 35.3 Å². The minimum atomic E-state index is -3.66. The Kier molecular flexibility index (Phi) is 5.34. The number of nitrogens with zero attached hydrogens (tertiary/aromatic N) is 2. The molecule has 1 amide bonds. The monoisotopic (exact) mass is 409 g/mol. The van der Waals surface area contributed by atoms with E-state index < -0.39 is 10.0 Å². The first-order valence-electron chi connectivity index (χ1n) is 9.74. The van der Waals surface area contributed by atoms with Gasteiger partial charge in [-0.2, -0.15) is 4.31 Å². The Hall–Kier alpha value is -2.77. The van der Waals surface area contributed by atoms with Crippen LogP contribution in [0.15, 0.2) is 59.5 Å². The topological polar surface area (TPSA) is 79.4 Å². The Labute approximate surface area is 170 Å². The molecule has 1 aliphatic rings. The van der Waals surface area contributed by atoms with Gasteiger partial charge in [-0.3, -0.25) is 9.78 Å². The average Bonchev–Trinajstić information content (AvgIpc) is 2.74. The average molecular weight is 410 g/mol. The van der Waals surface area contributed by atoms with Crippen LogP contribution in [-0.2, 0) is 10.0 Å². The minimum absolute atomic E-state index is 0.130. The van der Waals surface area contributed by atoms with E-state index in [1.54, 1.807) is 30.3 Å². The zero-order valence-corrected chi connectivity index (χ0v) is 17.1. The summed E-state index contributed by atoms with van der Waals surface area (Å²) in [6.07, 6.45) is 2.75. The van der Waals surface area contributed by atoms with Gasteiger partial charge < -0.3 is 5.32 Å². The van der Waals surface area contributed by atoms with Gasteiger partial charge in [-0.05, 0) is 44.0 Å². The highest BCUT2D eigenvalue weighted by Gasteiger charge is 2.28. The smallest absolute Gasteiger partial charge is 0.256 e. The van der Waals surface area contributed by atoms with E-state index in [0.717, 1.165) is 35.9 Å². The summed E-state index contributed by atoms with van der Waals surface area (Å²) in [4.78, 5) is 17.7. The maximum Gasteiger partial charge on any atom is 0.256 e. The molecule has 1 saturated heterocycles. The van der Waals surface area contributed by atoms with Crippen LogP contribution in [0.5, 0.6) is 0 Å². The van der Waals surface area contributed by atoms with Gasteiger partial charge in [0, 0.05) is 24.2 Å². The van der Waals surface area contributed by atoms with Crippen LogP contribution in [0, 0.1) is 6.92 Å². The molecule has 4 rings (SSSR count). The Morgan fingerprint density at radius 1 is 1.00 bits per heavy atom. The third-order valence-corrected chi connectivity index (χ3v) is 7.11. The number of piperidine rings is 1. The largest absolute Gasteiger partial charge is 0.321 e. The lowest BCUT2D eigenvalue weighted by Gasteiger charge is -2.26. The predicted molar refractivity (Wildman–Crippen MR) is 113 cm³/mol. The molecule has 1 aliphatic heterocycles. The molecule has 2 heterocycles. The van der Waals surface area contributed by atoms with Crippen molar-refractivity contribution in [2.24, 2.45) is 0 Å². The molecule has 0 atom stereocenters. The van der Waals surface area contributed by atoms with Crippen LogP contribution < -0.4 is 5.32 Å². The van der Waals surface area contributed by atoms with E-state index in [2.05, 4.69) is 10.3 Å². The van der Waals surface area contributed by atoms with E-state index in [1.807, 2.05) is 31.2 Å².